The summed E-state index contributed by atoms with van der Waals surface area (Å²) in [6, 6.07) is 0. The third-order valence-electron chi connectivity index (χ3n) is 14.2. The van der Waals surface area contributed by atoms with Crippen LogP contribution >= 0.6 is 0 Å². The van der Waals surface area contributed by atoms with Gasteiger partial charge < -0.3 is 14.2 Å². The van der Waals surface area contributed by atoms with Crippen molar-refractivity contribution in [3.63, 3.8) is 0 Å². The third kappa shape index (κ3) is 56.8. The summed E-state index contributed by atoms with van der Waals surface area (Å²) in [6.07, 6.45) is 70.4. The first kappa shape index (κ1) is 67.9. The second-order valence-corrected chi connectivity index (χ2v) is 21.3. The van der Waals surface area contributed by atoms with Crippen LogP contribution in [0.2, 0.25) is 0 Å². The van der Waals surface area contributed by atoms with E-state index in [0.717, 1.165) is 77.0 Å². The van der Waals surface area contributed by atoms with E-state index in [1.807, 2.05) is 0 Å². The summed E-state index contributed by atoms with van der Waals surface area (Å²) < 4.78 is 16.9. The van der Waals surface area contributed by atoms with Crippen molar-refractivity contribution in [2.75, 3.05) is 13.2 Å². The molecule has 0 aliphatic heterocycles. The van der Waals surface area contributed by atoms with Gasteiger partial charge in [0.2, 0.25) is 0 Å². The molecule has 6 nitrogen and oxygen atoms in total. The Hall–Kier alpha value is -2.11. The minimum atomic E-state index is -0.774. The van der Waals surface area contributed by atoms with Crippen LogP contribution in [0.3, 0.4) is 0 Å². The first-order valence-electron chi connectivity index (χ1n) is 31.3. The van der Waals surface area contributed by atoms with Gasteiger partial charge in [-0.1, -0.05) is 302 Å². The van der Waals surface area contributed by atoms with Crippen LogP contribution in [0, 0.1) is 0 Å². The standard InChI is InChI=1S/C64H120O6/c1-4-7-10-13-16-19-22-25-28-29-30-31-32-33-34-37-39-42-45-48-51-54-57-63(66)69-60-61(70-64(67)58-55-52-49-46-43-40-36-27-24-21-18-15-12-9-6-3)59-68-62(65)56-53-50-47-44-41-38-35-26-23-20-17-14-11-8-5-2/h18,21,27,36,61H,4-17,19-20,22-26,28-35,37-60H2,1-3H3/b21-18-,36-27-. The molecule has 0 saturated carbocycles. The van der Waals surface area contributed by atoms with E-state index in [9.17, 15) is 14.4 Å². The number of carbonyl (C=O) groups excluding carboxylic acids is 3. The van der Waals surface area contributed by atoms with Crippen LogP contribution in [0.4, 0.5) is 0 Å². The fraction of sp³-hybridized carbons (Fsp3) is 0.891. The quantitative estimate of drug-likeness (QED) is 0.0261. The van der Waals surface area contributed by atoms with Crippen LogP contribution in [0.5, 0.6) is 0 Å². The smallest absolute Gasteiger partial charge is 0.306 e. The summed E-state index contributed by atoms with van der Waals surface area (Å²) in [5, 5.41) is 0. The predicted octanol–water partition coefficient (Wildman–Crippen LogP) is 21.1. The predicted molar refractivity (Wildman–Crippen MR) is 303 cm³/mol. The fourth-order valence-electron chi connectivity index (χ4n) is 9.48. The van der Waals surface area contributed by atoms with Gasteiger partial charge >= 0.3 is 17.9 Å². The molecule has 0 heterocycles. The molecule has 0 bridgehead atoms. The van der Waals surface area contributed by atoms with Gasteiger partial charge in [-0.05, 0) is 51.4 Å². The van der Waals surface area contributed by atoms with E-state index in [2.05, 4.69) is 45.1 Å². The Morgan fingerprint density at radius 2 is 0.514 bits per heavy atom. The summed E-state index contributed by atoms with van der Waals surface area (Å²) in [7, 11) is 0. The van der Waals surface area contributed by atoms with Gasteiger partial charge in [-0.25, -0.2) is 0 Å². The molecule has 0 rings (SSSR count). The van der Waals surface area contributed by atoms with Crippen molar-refractivity contribution in [2.24, 2.45) is 0 Å². The molecule has 0 aromatic carbocycles. The highest BCUT2D eigenvalue weighted by molar-refractivity contribution is 5.71. The molecule has 0 saturated heterocycles. The molecular weight excluding hydrogens is 865 g/mol. The molecule has 0 aliphatic rings. The van der Waals surface area contributed by atoms with Crippen LogP contribution in [0.15, 0.2) is 24.3 Å². The number of ether oxygens (including phenoxy) is 3. The minimum Gasteiger partial charge on any atom is -0.462 e. The van der Waals surface area contributed by atoms with Crippen LogP contribution in [-0.4, -0.2) is 37.2 Å². The van der Waals surface area contributed by atoms with Crippen molar-refractivity contribution >= 4 is 17.9 Å². The molecule has 0 radical (unpaired) electrons. The van der Waals surface area contributed by atoms with Crippen molar-refractivity contribution in [2.45, 2.75) is 354 Å². The first-order chi connectivity index (χ1) is 34.5. The Balaban J connectivity index is 4.27. The topological polar surface area (TPSA) is 78.9 Å². The zero-order valence-electron chi connectivity index (χ0n) is 47.3. The number of unbranched alkanes of at least 4 members (excludes halogenated alkanes) is 43. The summed E-state index contributed by atoms with van der Waals surface area (Å²) in [6.45, 7) is 6.67. The van der Waals surface area contributed by atoms with E-state index in [1.54, 1.807) is 0 Å². The lowest BCUT2D eigenvalue weighted by molar-refractivity contribution is -0.167. The van der Waals surface area contributed by atoms with Crippen LogP contribution < -0.4 is 0 Å². The normalized spacial score (nSPS) is 12.1. The van der Waals surface area contributed by atoms with E-state index in [0.29, 0.717) is 19.3 Å². The number of hydrogen-bond acceptors (Lipinski definition) is 6. The van der Waals surface area contributed by atoms with Gasteiger partial charge in [0, 0.05) is 19.3 Å². The van der Waals surface area contributed by atoms with Gasteiger partial charge in [-0.3, -0.25) is 14.4 Å². The van der Waals surface area contributed by atoms with Gasteiger partial charge in [0.25, 0.3) is 0 Å². The average Bonchev–Trinajstić information content (AvgIpc) is 3.36. The lowest BCUT2D eigenvalue weighted by Gasteiger charge is -2.18. The zero-order chi connectivity index (χ0) is 50.7. The maximum absolute atomic E-state index is 12.9. The second kappa shape index (κ2) is 59.5. The third-order valence-corrected chi connectivity index (χ3v) is 14.2. The van der Waals surface area contributed by atoms with Gasteiger partial charge in [-0.2, -0.15) is 0 Å². The van der Waals surface area contributed by atoms with Gasteiger partial charge in [0.05, 0.1) is 0 Å². The number of carbonyl (C=O) groups is 3. The molecule has 0 fully saturated rings. The van der Waals surface area contributed by atoms with Gasteiger partial charge in [-0.15, -0.1) is 0 Å². The summed E-state index contributed by atoms with van der Waals surface area (Å²) in [4.78, 5) is 38.2. The van der Waals surface area contributed by atoms with Crippen LogP contribution in [0.25, 0.3) is 0 Å². The highest BCUT2D eigenvalue weighted by Crippen LogP contribution is 2.18. The van der Waals surface area contributed by atoms with Crippen LogP contribution in [0.1, 0.15) is 348 Å². The highest BCUT2D eigenvalue weighted by atomic mass is 16.6. The zero-order valence-corrected chi connectivity index (χ0v) is 47.3. The second-order valence-electron chi connectivity index (χ2n) is 21.3. The summed E-state index contributed by atoms with van der Waals surface area (Å²) in [5.74, 6) is -0.859. The molecule has 0 amide bonds. The summed E-state index contributed by atoms with van der Waals surface area (Å²) >= 11 is 0. The molecule has 0 aliphatic carbocycles. The SMILES string of the molecule is CCCCC/C=C\C/C=C\CCCCCCCC(=O)OC(COC(=O)CCCCCCCCCCCCCCCCC)COC(=O)CCCCCCCCCCCCCCCCCCCCCCCC. The molecule has 0 spiro atoms. The van der Waals surface area contributed by atoms with E-state index in [4.69, 9.17) is 14.2 Å². The van der Waals surface area contributed by atoms with Crippen molar-refractivity contribution in [3.8, 4) is 0 Å². The molecule has 0 aromatic heterocycles. The Kier molecular flexibility index (Phi) is 57.7. The first-order valence-corrected chi connectivity index (χ1v) is 31.3. The lowest BCUT2D eigenvalue weighted by Crippen LogP contribution is -2.30. The molecule has 0 aromatic rings. The number of rotatable bonds is 58. The minimum absolute atomic E-state index is 0.0711. The molecule has 1 unspecified atom stereocenters. The largest absolute Gasteiger partial charge is 0.462 e. The van der Waals surface area contributed by atoms with Crippen molar-refractivity contribution in [1.29, 1.82) is 0 Å². The van der Waals surface area contributed by atoms with Crippen molar-refractivity contribution in [3.05, 3.63) is 24.3 Å². The molecule has 0 N–H and O–H groups in total. The van der Waals surface area contributed by atoms with E-state index in [-0.39, 0.29) is 31.1 Å². The molecular formula is C64H120O6. The molecule has 412 valence electrons. The van der Waals surface area contributed by atoms with Gasteiger partial charge in [0.15, 0.2) is 6.10 Å². The maximum Gasteiger partial charge on any atom is 0.306 e. The van der Waals surface area contributed by atoms with E-state index >= 15 is 0 Å². The average molecular weight is 986 g/mol. The molecule has 1 atom stereocenters. The van der Waals surface area contributed by atoms with Crippen LogP contribution in [-0.2, 0) is 28.6 Å². The van der Waals surface area contributed by atoms with Crippen molar-refractivity contribution < 1.29 is 28.6 Å². The molecule has 6 heteroatoms. The Labute approximate surface area is 436 Å². The number of allylic oxidation sites excluding steroid dienone is 4. The Bertz CT molecular complexity index is 1130. The Morgan fingerprint density at radius 3 is 0.814 bits per heavy atom. The van der Waals surface area contributed by atoms with Crippen molar-refractivity contribution in [1.82, 2.24) is 0 Å². The van der Waals surface area contributed by atoms with E-state index in [1.165, 1.54) is 231 Å². The number of hydrogen-bond donors (Lipinski definition) is 0. The highest BCUT2D eigenvalue weighted by Gasteiger charge is 2.19. The Morgan fingerprint density at radius 1 is 0.286 bits per heavy atom. The molecule has 70 heavy (non-hydrogen) atoms. The fourth-order valence-corrected chi connectivity index (χ4v) is 9.48. The maximum atomic E-state index is 12.9. The number of esters is 3. The summed E-state index contributed by atoms with van der Waals surface area (Å²) in [5.41, 5.74) is 0. The van der Waals surface area contributed by atoms with E-state index < -0.39 is 6.10 Å². The lowest BCUT2D eigenvalue weighted by atomic mass is 10.0. The monoisotopic (exact) mass is 985 g/mol. The van der Waals surface area contributed by atoms with Gasteiger partial charge in [0.1, 0.15) is 13.2 Å².